The summed E-state index contributed by atoms with van der Waals surface area (Å²) in [4.78, 5) is 35.4. The molecule has 0 fully saturated rings. The minimum atomic E-state index is -0.619. The number of rotatable bonds is 9. The van der Waals surface area contributed by atoms with E-state index < -0.39 is 5.97 Å². The van der Waals surface area contributed by atoms with E-state index in [1.807, 2.05) is 31.2 Å². The molecule has 0 bridgehead atoms. The number of amides is 1. The minimum absolute atomic E-state index is 0.106. The number of hydrogen-bond donors (Lipinski definition) is 1. The van der Waals surface area contributed by atoms with Crippen LogP contribution in [-0.2, 0) is 14.3 Å². The van der Waals surface area contributed by atoms with Crippen LogP contribution >= 0.6 is 0 Å². The summed E-state index contributed by atoms with van der Waals surface area (Å²) in [5.41, 5.74) is 1.75. The summed E-state index contributed by atoms with van der Waals surface area (Å²) in [5.74, 6) is -0.387. The molecule has 28 heavy (non-hydrogen) atoms. The van der Waals surface area contributed by atoms with Crippen LogP contribution in [0.4, 0.5) is 5.69 Å². The van der Waals surface area contributed by atoms with Gasteiger partial charge in [-0.2, -0.15) is 0 Å². The molecule has 6 heteroatoms. The molecule has 0 spiro atoms. The van der Waals surface area contributed by atoms with Gasteiger partial charge in [0.25, 0.3) is 0 Å². The molecule has 2 aromatic carbocycles. The van der Waals surface area contributed by atoms with Crippen LogP contribution < -0.4 is 10.1 Å². The van der Waals surface area contributed by atoms with Gasteiger partial charge >= 0.3 is 5.97 Å². The standard InChI is InChI=1S/C22H23NO5/c1-3-21(25)23-18-12-9-16(10-13-18)19(24)15-28-22(26)14-11-17-7-5-6-8-20(17)27-4-2/h5-14H,3-4,15H2,1-2H3,(H,23,25)/b14-11+. The predicted octanol–water partition coefficient (Wildman–Crippen LogP) is 3.87. The average molecular weight is 381 g/mol. The summed E-state index contributed by atoms with van der Waals surface area (Å²) in [6, 6.07) is 13.7. The molecule has 0 saturated carbocycles. The van der Waals surface area contributed by atoms with Crippen LogP contribution in [0.2, 0.25) is 0 Å². The zero-order valence-electron chi connectivity index (χ0n) is 15.9. The first kappa shape index (κ1) is 20.9. The molecular weight excluding hydrogens is 358 g/mol. The van der Waals surface area contributed by atoms with Gasteiger partial charge in [0.2, 0.25) is 5.91 Å². The van der Waals surface area contributed by atoms with E-state index in [0.717, 1.165) is 5.56 Å². The number of carbonyl (C=O) groups is 3. The van der Waals surface area contributed by atoms with E-state index in [1.54, 1.807) is 37.3 Å². The normalized spacial score (nSPS) is 10.5. The van der Waals surface area contributed by atoms with Crippen LogP contribution in [0.1, 0.15) is 36.2 Å². The van der Waals surface area contributed by atoms with Crippen molar-refractivity contribution in [3.8, 4) is 5.75 Å². The Morgan fingerprint density at radius 2 is 1.71 bits per heavy atom. The van der Waals surface area contributed by atoms with E-state index in [1.165, 1.54) is 6.08 Å². The van der Waals surface area contributed by atoms with E-state index in [-0.39, 0.29) is 18.3 Å². The molecule has 1 amide bonds. The Bertz CT molecular complexity index is 855. The highest BCUT2D eigenvalue weighted by molar-refractivity contribution is 5.99. The van der Waals surface area contributed by atoms with Crippen LogP contribution in [0.5, 0.6) is 5.75 Å². The number of para-hydroxylation sites is 1. The minimum Gasteiger partial charge on any atom is -0.493 e. The number of ether oxygens (including phenoxy) is 2. The van der Waals surface area contributed by atoms with Gasteiger partial charge in [-0.15, -0.1) is 0 Å². The lowest BCUT2D eigenvalue weighted by Crippen LogP contribution is -2.13. The van der Waals surface area contributed by atoms with Gasteiger partial charge in [-0.05, 0) is 43.3 Å². The maximum Gasteiger partial charge on any atom is 0.331 e. The zero-order chi connectivity index (χ0) is 20.4. The van der Waals surface area contributed by atoms with Gasteiger partial charge in [-0.25, -0.2) is 4.79 Å². The lowest BCUT2D eigenvalue weighted by atomic mass is 10.1. The lowest BCUT2D eigenvalue weighted by molar-refractivity contribution is -0.136. The molecule has 0 aliphatic rings. The summed E-state index contributed by atoms with van der Waals surface area (Å²) < 4.78 is 10.5. The van der Waals surface area contributed by atoms with Gasteiger partial charge < -0.3 is 14.8 Å². The number of anilines is 1. The first-order chi connectivity index (χ1) is 13.5. The van der Waals surface area contributed by atoms with Crippen molar-refractivity contribution in [3.63, 3.8) is 0 Å². The second kappa shape index (κ2) is 10.7. The van der Waals surface area contributed by atoms with Crippen molar-refractivity contribution in [2.75, 3.05) is 18.5 Å². The van der Waals surface area contributed by atoms with Crippen LogP contribution in [0.15, 0.2) is 54.6 Å². The van der Waals surface area contributed by atoms with Gasteiger partial charge in [-0.3, -0.25) is 9.59 Å². The summed E-state index contributed by atoms with van der Waals surface area (Å²) in [6.45, 7) is 3.79. The van der Waals surface area contributed by atoms with E-state index in [4.69, 9.17) is 9.47 Å². The molecule has 0 heterocycles. The fraction of sp³-hybridized carbons (Fsp3) is 0.227. The molecule has 0 radical (unpaired) electrons. The van der Waals surface area contributed by atoms with Crippen molar-refractivity contribution in [1.82, 2.24) is 0 Å². The summed E-state index contributed by atoms with van der Waals surface area (Å²) in [7, 11) is 0. The van der Waals surface area contributed by atoms with Crippen LogP contribution in [0.3, 0.4) is 0 Å². The molecule has 0 unspecified atom stereocenters. The molecule has 1 N–H and O–H groups in total. The summed E-state index contributed by atoms with van der Waals surface area (Å²) in [5, 5.41) is 2.70. The van der Waals surface area contributed by atoms with Crippen LogP contribution in [-0.4, -0.2) is 30.9 Å². The Labute approximate surface area is 164 Å². The number of Topliss-reactive ketones (excluding diaryl/α,β-unsaturated/α-hetero) is 1. The Morgan fingerprint density at radius 1 is 1.00 bits per heavy atom. The molecule has 0 aliphatic heterocycles. The fourth-order valence-corrected chi connectivity index (χ4v) is 2.32. The lowest BCUT2D eigenvalue weighted by Gasteiger charge is -2.06. The Kier molecular flexibility index (Phi) is 7.96. The first-order valence-electron chi connectivity index (χ1n) is 9.03. The maximum atomic E-state index is 12.1. The largest absolute Gasteiger partial charge is 0.493 e. The van der Waals surface area contributed by atoms with Crippen molar-refractivity contribution in [1.29, 1.82) is 0 Å². The van der Waals surface area contributed by atoms with Gasteiger partial charge in [0.1, 0.15) is 5.75 Å². The third-order valence-electron chi connectivity index (χ3n) is 3.78. The van der Waals surface area contributed by atoms with Gasteiger partial charge in [0, 0.05) is 29.3 Å². The second-order valence-electron chi connectivity index (χ2n) is 5.81. The topological polar surface area (TPSA) is 81.7 Å². The predicted molar refractivity (Wildman–Crippen MR) is 107 cm³/mol. The molecule has 2 rings (SSSR count). The highest BCUT2D eigenvalue weighted by Gasteiger charge is 2.09. The number of nitrogens with one attached hydrogen (secondary N) is 1. The quantitative estimate of drug-likeness (QED) is 0.405. The van der Waals surface area contributed by atoms with Crippen molar-refractivity contribution < 1.29 is 23.9 Å². The molecular formula is C22H23NO5. The maximum absolute atomic E-state index is 12.1. The van der Waals surface area contributed by atoms with Crippen molar-refractivity contribution in [2.45, 2.75) is 20.3 Å². The average Bonchev–Trinajstić information content (AvgIpc) is 2.72. The molecule has 0 saturated heterocycles. The number of ketones is 1. The van der Waals surface area contributed by atoms with Crippen molar-refractivity contribution in [3.05, 3.63) is 65.7 Å². The third-order valence-corrected chi connectivity index (χ3v) is 3.78. The SMILES string of the molecule is CCOc1ccccc1/C=C/C(=O)OCC(=O)c1ccc(NC(=O)CC)cc1. The van der Waals surface area contributed by atoms with E-state index in [2.05, 4.69) is 5.32 Å². The number of hydrogen-bond acceptors (Lipinski definition) is 5. The number of esters is 1. The highest BCUT2D eigenvalue weighted by Crippen LogP contribution is 2.19. The monoisotopic (exact) mass is 381 g/mol. The fourth-order valence-electron chi connectivity index (χ4n) is 2.32. The third kappa shape index (κ3) is 6.39. The summed E-state index contributed by atoms with van der Waals surface area (Å²) in [6.07, 6.45) is 3.22. The second-order valence-corrected chi connectivity index (χ2v) is 5.81. The molecule has 146 valence electrons. The highest BCUT2D eigenvalue weighted by atomic mass is 16.5. The van der Waals surface area contributed by atoms with E-state index in [0.29, 0.717) is 30.0 Å². The van der Waals surface area contributed by atoms with E-state index in [9.17, 15) is 14.4 Å². The smallest absolute Gasteiger partial charge is 0.331 e. The Balaban J connectivity index is 1.88. The number of carbonyl (C=O) groups excluding carboxylic acids is 3. The van der Waals surface area contributed by atoms with Gasteiger partial charge in [0.05, 0.1) is 6.61 Å². The molecule has 0 atom stereocenters. The van der Waals surface area contributed by atoms with E-state index >= 15 is 0 Å². The van der Waals surface area contributed by atoms with Crippen molar-refractivity contribution >= 4 is 29.4 Å². The number of benzene rings is 2. The Hall–Kier alpha value is -3.41. The van der Waals surface area contributed by atoms with Crippen LogP contribution in [0.25, 0.3) is 6.08 Å². The van der Waals surface area contributed by atoms with Crippen LogP contribution in [0, 0.1) is 0 Å². The zero-order valence-corrected chi connectivity index (χ0v) is 15.9. The van der Waals surface area contributed by atoms with Crippen molar-refractivity contribution in [2.24, 2.45) is 0 Å². The molecule has 2 aromatic rings. The van der Waals surface area contributed by atoms with Gasteiger partial charge in [-0.1, -0.05) is 25.1 Å². The molecule has 0 aliphatic carbocycles. The molecule has 0 aromatic heterocycles. The Morgan fingerprint density at radius 3 is 2.39 bits per heavy atom. The first-order valence-corrected chi connectivity index (χ1v) is 9.03. The van der Waals surface area contributed by atoms with Gasteiger partial charge in [0.15, 0.2) is 12.4 Å². The molecule has 6 nitrogen and oxygen atoms in total. The summed E-state index contributed by atoms with van der Waals surface area (Å²) >= 11 is 0.